The molecule has 3 heterocycles. The molecule has 2 aromatic carbocycles. The largest absolute Gasteiger partial charge is 0.418 e. The van der Waals surface area contributed by atoms with Gasteiger partial charge in [-0.2, -0.15) is 23.3 Å². The molecule has 0 fully saturated rings. The summed E-state index contributed by atoms with van der Waals surface area (Å²) in [5, 5.41) is 18.0. The first-order chi connectivity index (χ1) is 16.3. The molecule has 0 saturated heterocycles. The van der Waals surface area contributed by atoms with Crippen LogP contribution in [0.15, 0.2) is 54.0 Å². The third-order valence-corrected chi connectivity index (χ3v) is 5.81. The van der Waals surface area contributed by atoms with Gasteiger partial charge in [-0.3, -0.25) is 9.89 Å². The molecule has 5 rings (SSSR count). The molecule has 0 saturated carbocycles. The van der Waals surface area contributed by atoms with Gasteiger partial charge in [0, 0.05) is 23.7 Å². The number of halogens is 3. The van der Waals surface area contributed by atoms with E-state index in [1.54, 1.807) is 12.3 Å². The summed E-state index contributed by atoms with van der Waals surface area (Å²) in [6.45, 7) is 1.15. The van der Waals surface area contributed by atoms with Crippen molar-refractivity contribution in [1.82, 2.24) is 20.2 Å². The van der Waals surface area contributed by atoms with E-state index < -0.39 is 17.6 Å². The zero-order valence-electron chi connectivity index (χ0n) is 17.5. The van der Waals surface area contributed by atoms with Crippen molar-refractivity contribution >= 4 is 67.2 Å². The number of nitrogens with zero attached hydrogens (tertiary/aromatic N) is 3. The number of aromatic nitrogens is 4. The standard InChI is InChI=1S/C22H16F3N7OS/c1-11(33)27-17-5-3-14(9-15(17)22(23,24)25)29-21-30-18-6-7-34-19(18)20(31-21)28-13-2-4-16-12(8-13)10-26-32-16/h2-10H,1H3,(H,26,32)(H,27,33)(H2,28,29,30,31). The van der Waals surface area contributed by atoms with Crippen molar-refractivity contribution in [3.8, 4) is 0 Å². The van der Waals surface area contributed by atoms with Crippen LogP contribution in [-0.2, 0) is 11.0 Å². The second-order valence-corrected chi connectivity index (χ2v) is 8.31. The van der Waals surface area contributed by atoms with E-state index in [4.69, 9.17) is 0 Å². The summed E-state index contributed by atoms with van der Waals surface area (Å²) in [6.07, 6.45) is -2.96. The number of nitrogens with one attached hydrogen (secondary N) is 4. The molecule has 3 aromatic heterocycles. The van der Waals surface area contributed by atoms with Crippen LogP contribution in [0.25, 0.3) is 21.1 Å². The number of carbonyl (C=O) groups excluding carboxylic acids is 1. The number of fused-ring (bicyclic) bond motifs is 2. The molecule has 0 atom stereocenters. The van der Waals surface area contributed by atoms with Gasteiger partial charge in [0.05, 0.1) is 33.2 Å². The summed E-state index contributed by atoms with van der Waals surface area (Å²) >= 11 is 1.44. The number of aromatic amines is 1. The van der Waals surface area contributed by atoms with E-state index in [0.717, 1.165) is 34.3 Å². The van der Waals surface area contributed by atoms with Crippen molar-refractivity contribution in [3.63, 3.8) is 0 Å². The molecule has 172 valence electrons. The smallest absolute Gasteiger partial charge is 0.339 e. The van der Waals surface area contributed by atoms with Crippen LogP contribution >= 0.6 is 11.3 Å². The van der Waals surface area contributed by atoms with Gasteiger partial charge in [-0.1, -0.05) is 0 Å². The van der Waals surface area contributed by atoms with Gasteiger partial charge in [0.1, 0.15) is 0 Å². The van der Waals surface area contributed by atoms with Crippen LogP contribution in [0.5, 0.6) is 0 Å². The number of rotatable bonds is 5. The molecule has 0 bridgehead atoms. The van der Waals surface area contributed by atoms with Crippen LogP contribution < -0.4 is 16.0 Å². The monoisotopic (exact) mass is 483 g/mol. The van der Waals surface area contributed by atoms with E-state index in [9.17, 15) is 18.0 Å². The summed E-state index contributed by atoms with van der Waals surface area (Å²) in [4.78, 5) is 20.2. The minimum absolute atomic E-state index is 0.123. The maximum Gasteiger partial charge on any atom is 0.418 e. The SMILES string of the molecule is CC(=O)Nc1ccc(Nc2nc(Nc3ccc4[nH]ncc4c3)c3sccc3n2)cc1C(F)(F)F. The third kappa shape index (κ3) is 4.35. The van der Waals surface area contributed by atoms with Crippen LogP contribution in [0, 0.1) is 0 Å². The van der Waals surface area contributed by atoms with Gasteiger partial charge in [-0.05, 0) is 47.8 Å². The van der Waals surface area contributed by atoms with Gasteiger partial charge in [0.15, 0.2) is 5.82 Å². The molecule has 1 amide bonds. The summed E-state index contributed by atoms with van der Waals surface area (Å²) in [5.41, 5.74) is 1.13. The third-order valence-electron chi connectivity index (χ3n) is 4.90. The summed E-state index contributed by atoms with van der Waals surface area (Å²) in [6, 6.07) is 11.0. The second kappa shape index (κ2) is 8.30. The maximum absolute atomic E-state index is 13.6. The molecule has 0 aliphatic rings. The first-order valence-electron chi connectivity index (χ1n) is 9.97. The molecule has 12 heteroatoms. The van der Waals surface area contributed by atoms with Crippen LogP contribution in [0.1, 0.15) is 12.5 Å². The Bertz CT molecular complexity index is 1530. The van der Waals surface area contributed by atoms with Crippen LogP contribution in [-0.4, -0.2) is 26.1 Å². The molecule has 0 aliphatic carbocycles. The predicted molar refractivity (Wildman–Crippen MR) is 126 cm³/mol. The number of hydrogen-bond donors (Lipinski definition) is 4. The van der Waals surface area contributed by atoms with E-state index in [-0.39, 0.29) is 17.3 Å². The van der Waals surface area contributed by atoms with Crippen molar-refractivity contribution in [2.75, 3.05) is 16.0 Å². The van der Waals surface area contributed by atoms with E-state index in [1.165, 1.54) is 23.5 Å². The molecule has 0 aliphatic heterocycles. The van der Waals surface area contributed by atoms with Crippen LogP contribution in [0.2, 0.25) is 0 Å². The number of carbonyl (C=O) groups is 1. The normalized spacial score (nSPS) is 11.6. The number of H-pyrrole nitrogens is 1. The second-order valence-electron chi connectivity index (χ2n) is 7.39. The lowest BCUT2D eigenvalue weighted by Crippen LogP contribution is -2.14. The fourth-order valence-electron chi connectivity index (χ4n) is 3.45. The quantitative estimate of drug-likeness (QED) is 0.243. The number of benzene rings is 2. The van der Waals surface area contributed by atoms with E-state index in [2.05, 4.69) is 36.1 Å². The van der Waals surface area contributed by atoms with Crippen molar-refractivity contribution in [2.24, 2.45) is 0 Å². The lowest BCUT2D eigenvalue weighted by Gasteiger charge is -2.15. The molecular formula is C22H16F3N7OS. The van der Waals surface area contributed by atoms with Gasteiger partial charge in [-0.25, -0.2) is 4.98 Å². The van der Waals surface area contributed by atoms with Crippen LogP contribution in [0.4, 0.5) is 42.0 Å². The Labute approximate surface area is 194 Å². The first-order valence-corrected chi connectivity index (χ1v) is 10.9. The molecule has 4 N–H and O–H groups in total. The fourth-order valence-corrected chi connectivity index (χ4v) is 4.22. The number of anilines is 5. The molecule has 0 spiro atoms. The van der Waals surface area contributed by atoms with Gasteiger partial charge >= 0.3 is 6.18 Å². The van der Waals surface area contributed by atoms with Gasteiger partial charge < -0.3 is 16.0 Å². The Morgan fingerprint density at radius 3 is 2.62 bits per heavy atom. The number of amides is 1. The Hall–Kier alpha value is -4.19. The molecule has 5 aromatic rings. The lowest BCUT2D eigenvalue weighted by molar-refractivity contribution is -0.136. The highest BCUT2D eigenvalue weighted by molar-refractivity contribution is 7.17. The average Bonchev–Trinajstić information content (AvgIpc) is 3.42. The van der Waals surface area contributed by atoms with Crippen molar-refractivity contribution in [2.45, 2.75) is 13.1 Å². The first kappa shape index (κ1) is 21.6. The molecule has 34 heavy (non-hydrogen) atoms. The van der Waals surface area contributed by atoms with Crippen molar-refractivity contribution in [3.05, 3.63) is 59.6 Å². The van der Waals surface area contributed by atoms with Crippen LogP contribution in [0.3, 0.4) is 0 Å². The van der Waals surface area contributed by atoms with Crippen molar-refractivity contribution in [1.29, 1.82) is 0 Å². The van der Waals surface area contributed by atoms with Gasteiger partial charge in [0.2, 0.25) is 11.9 Å². The summed E-state index contributed by atoms with van der Waals surface area (Å²) < 4.78 is 41.5. The zero-order valence-corrected chi connectivity index (χ0v) is 18.3. The topological polar surface area (TPSA) is 108 Å². The van der Waals surface area contributed by atoms with Gasteiger partial charge in [-0.15, -0.1) is 11.3 Å². The summed E-state index contributed by atoms with van der Waals surface area (Å²) in [5.74, 6) is 0.0382. The number of alkyl halides is 3. The highest BCUT2D eigenvalue weighted by Gasteiger charge is 2.34. The zero-order chi connectivity index (χ0) is 23.9. The van der Waals surface area contributed by atoms with E-state index >= 15 is 0 Å². The van der Waals surface area contributed by atoms with E-state index in [1.807, 2.05) is 23.6 Å². The average molecular weight is 483 g/mol. The fraction of sp³-hybridized carbons (Fsp3) is 0.0909. The van der Waals surface area contributed by atoms with Crippen molar-refractivity contribution < 1.29 is 18.0 Å². The summed E-state index contributed by atoms with van der Waals surface area (Å²) in [7, 11) is 0. The molecule has 8 nitrogen and oxygen atoms in total. The predicted octanol–water partition coefficient (Wildman–Crippen LogP) is 6.03. The minimum atomic E-state index is -4.66. The minimum Gasteiger partial charge on any atom is -0.339 e. The Kier molecular flexibility index (Phi) is 5.28. The highest BCUT2D eigenvalue weighted by atomic mass is 32.1. The molecular weight excluding hydrogens is 467 g/mol. The Balaban J connectivity index is 1.49. The number of hydrogen-bond acceptors (Lipinski definition) is 7. The number of thiophene rings is 1. The lowest BCUT2D eigenvalue weighted by atomic mass is 10.1. The van der Waals surface area contributed by atoms with E-state index in [0.29, 0.717) is 11.3 Å². The molecule has 0 unspecified atom stereocenters. The Morgan fingerprint density at radius 2 is 1.82 bits per heavy atom. The van der Waals surface area contributed by atoms with Gasteiger partial charge in [0.25, 0.3) is 0 Å². The Morgan fingerprint density at radius 1 is 1.03 bits per heavy atom. The molecule has 0 radical (unpaired) electrons. The highest BCUT2D eigenvalue weighted by Crippen LogP contribution is 2.37. The maximum atomic E-state index is 13.6.